The molecule has 9 nitrogen and oxygen atoms in total. The molecule has 5 aliphatic rings. The molecule has 1 aromatic rings. The molecular weight excluding hydrogens is 430 g/mol. The number of aromatic hydroxyl groups is 2. The van der Waals surface area contributed by atoms with Crippen LogP contribution >= 0.6 is 0 Å². The third kappa shape index (κ3) is 2.88. The standard InChI is InChI=1S/C24H27NO8/c1-22(7-6-15(28)25-16-13(26)4-3-11(17(16)29)21(31)32)14(27)5-8-24-9-12-18(30)19(20(22)24)33-23(12,2)10-24/h3-5,8,12,18-20,26,29-30H,6-7,9-10H2,1-2H3,(H,25,28)(H,31,32)/t12-,18?,19-,20-,22+,23-,24-/m0/s1. The zero-order chi connectivity index (χ0) is 23.9. The first kappa shape index (κ1) is 21.9. The number of amides is 1. The number of phenolic OH excluding ortho intramolecular Hbond substituents is 1. The molecule has 0 radical (unpaired) electrons. The summed E-state index contributed by atoms with van der Waals surface area (Å²) in [5.41, 5.74) is -2.45. The van der Waals surface area contributed by atoms with Crippen LogP contribution in [0.1, 0.15) is 49.9 Å². The molecule has 1 aromatic carbocycles. The van der Waals surface area contributed by atoms with Gasteiger partial charge in [-0.1, -0.05) is 13.0 Å². The minimum atomic E-state index is -1.40. The van der Waals surface area contributed by atoms with Crippen molar-refractivity contribution in [3.8, 4) is 11.5 Å². The number of phenols is 2. The number of carbonyl (C=O) groups excluding carboxylic acids is 2. The molecule has 2 saturated carbocycles. The highest BCUT2D eigenvalue weighted by Gasteiger charge is 2.74. The van der Waals surface area contributed by atoms with Crippen LogP contribution in [0.25, 0.3) is 0 Å². The zero-order valence-corrected chi connectivity index (χ0v) is 18.4. The Hall–Kier alpha value is -2.91. The van der Waals surface area contributed by atoms with E-state index in [1.165, 1.54) is 0 Å². The van der Waals surface area contributed by atoms with Crippen LogP contribution in [-0.4, -0.2) is 55.9 Å². The van der Waals surface area contributed by atoms with Gasteiger partial charge < -0.3 is 30.5 Å². The van der Waals surface area contributed by atoms with Crippen molar-refractivity contribution < 1.29 is 39.5 Å². The van der Waals surface area contributed by atoms with Crippen molar-refractivity contribution in [2.75, 3.05) is 5.32 Å². The predicted molar refractivity (Wildman–Crippen MR) is 115 cm³/mol. The molecule has 3 aliphatic carbocycles. The van der Waals surface area contributed by atoms with E-state index in [-0.39, 0.29) is 41.6 Å². The average Bonchev–Trinajstić information content (AvgIpc) is 3.08. The Balaban J connectivity index is 1.38. The number of nitrogens with one attached hydrogen (secondary N) is 1. The van der Waals surface area contributed by atoms with E-state index in [2.05, 4.69) is 5.32 Å². The lowest BCUT2D eigenvalue weighted by Crippen LogP contribution is -2.59. The number of hydrogen-bond donors (Lipinski definition) is 5. The average molecular weight is 457 g/mol. The van der Waals surface area contributed by atoms with Gasteiger partial charge in [0, 0.05) is 23.7 Å². The van der Waals surface area contributed by atoms with E-state index in [1.54, 1.807) is 6.08 Å². The van der Waals surface area contributed by atoms with Crippen LogP contribution < -0.4 is 5.32 Å². The van der Waals surface area contributed by atoms with Crippen molar-refractivity contribution in [2.45, 2.75) is 57.3 Å². The highest BCUT2D eigenvalue weighted by atomic mass is 16.5. The Bertz CT molecular complexity index is 1110. The number of anilines is 1. The molecule has 6 rings (SSSR count). The van der Waals surface area contributed by atoms with Gasteiger partial charge in [-0.25, -0.2) is 4.79 Å². The van der Waals surface area contributed by atoms with E-state index in [0.717, 1.165) is 25.0 Å². The minimum absolute atomic E-state index is 0.0246. The van der Waals surface area contributed by atoms with Crippen molar-refractivity contribution in [3.63, 3.8) is 0 Å². The molecule has 1 unspecified atom stereocenters. The van der Waals surface area contributed by atoms with Crippen molar-refractivity contribution in [3.05, 3.63) is 29.8 Å². The fourth-order valence-electron chi connectivity index (χ4n) is 7.08. The monoisotopic (exact) mass is 457 g/mol. The largest absolute Gasteiger partial charge is 0.506 e. The quantitative estimate of drug-likeness (QED) is 0.422. The van der Waals surface area contributed by atoms with Gasteiger partial charge in [0.1, 0.15) is 17.0 Å². The van der Waals surface area contributed by atoms with Gasteiger partial charge in [-0.05, 0) is 49.8 Å². The molecule has 33 heavy (non-hydrogen) atoms. The second-order valence-corrected chi connectivity index (χ2v) is 10.4. The third-order valence-corrected chi connectivity index (χ3v) is 8.50. The predicted octanol–water partition coefficient (Wildman–Crippen LogP) is 2.20. The van der Waals surface area contributed by atoms with Crippen molar-refractivity contribution in [1.82, 2.24) is 0 Å². The van der Waals surface area contributed by atoms with Gasteiger partial charge in [0.2, 0.25) is 5.91 Å². The van der Waals surface area contributed by atoms with Crippen molar-refractivity contribution >= 4 is 23.3 Å². The summed E-state index contributed by atoms with van der Waals surface area (Å²) in [6.07, 6.45) is 3.96. The van der Waals surface area contributed by atoms with Crippen LogP contribution in [0, 0.1) is 22.7 Å². The molecule has 2 heterocycles. The van der Waals surface area contributed by atoms with Crippen molar-refractivity contribution in [1.29, 1.82) is 0 Å². The Morgan fingerprint density at radius 1 is 1.24 bits per heavy atom. The van der Waals surface area contributed by atoms with Gasteiger partial charge >= 0.3 is 5.97 Å². The molecule has 2 saturated heterocycles. The zero-order valence-electron chi connectivity index (χ0n) is 18.4. The first-order valence-electron chi connectivity index (χ1n) is 11.1. The summed E-state index contributed by atoms with van der Waals surface area (Å²) in [6.45, 7) is 3.83. The summed E-state index contributed by atoms with van der Waals surface area (Å²) in [5.74, 6) is -3.57. The number of carboxylic acid groups (broad SMARTS) is 1. The second kappa shape index (κ2) is 6.80. The van der Waals surface area contributed by atoms with Crippen LogP contribution in [-0.2, 0) is 14.3 Å². The van der Waals surface area contributed by atoms with Crippen molar-refractivity contribution in [2.24, 2.45) is 22.7 Å². The van der Waals surface area contributed by atoms with E-state index in [9.17, 15) is 29.7 Å². The number of benzene rings is 1. The summed E-state index contributed by atoms with van der Waals surface area (Å²) < 4.78 is 6.27. The third-order valence-electron chi connectivity index (χ3n) is 8.50. The number of aliphatic hydroxyl groups excluding tert-OH is 1. The Kier molecular flexibility index (Phi) is 4.52. The topological polar surface area (TPSA) is 153 Å². The maximum Gasteiger partial charge on any atom is 0.339 e. The molecule has 1 spiro atoms. The number of ketones is 1. The molecular formula is C24H27NO8. The molecule has 2 aliphatic heterocycles. The van der Waals surface area contributed by atoms with E-state index >= 15 is 0 Å². The number of allylic oxidation sites excluding steroid dienone is 2. The molecule has 1 amide bonds. The molecule has 5 N–H and O–H groups in total. The maximum absolute atomic E-state index is 13.1. The Morgan fingerprint density at radius 3 is 2.64 bits per heavy atom. The number of hydrogen-bond acceptors (Lipinski definition) is 7. The first-order valence-corrected chi connectivity index (χ1v) is 11.1. The summed E-state index contributed by atoms with van der Waals surface area (Å²) >= 11 is 0. The fraction of sp³-hybridized carbons (Fsp3) is 0.542. The van der Waals surface area contributed by atoms with E-state index in [4.69, 9.17) is 9.84 Å². The van der Waals surface area contributed by atoms with Gasteiger partial charge in [0.05, 0.1) is 17.8 Å². The molecule has 9 heteroatoms. The lowest BCUT2D eigenvalue weighted by atomic mass is 9.50. The van der Waals surface area contributed by atoms with Crippen LogP contribution in [0.5, 0.6) is 11.5 Å². The van der Waals surface area contributed by atoms with Gasteiger partial charge in [-0.15, -0.1) is 0 Å². The number of carboxylic acids is 1. The van der Waals surface area contributed by atoms with E-state index in [1.807, 2.05) is 19.9 Å². The Labute approximate surface area is 190 Å². The SMILES string of the molecule is C[C@@]12C[C@@]34C=CC(=O)[C@@](C)(CCC(=O)Nc5c(O)ccc(C(=O)O)c5O)[C@@H]3[C@@H](O1)C(O)[C@@H]2C4. The number of rotatable bonds is 5. The highest BCUT2D eigenvalue weighted by Crippen LogP contribution is 2.71. The second-order valence-electron chi connectivity index (χ2n) is 10.4. The van der Waals surface area contributed by atoms with Crippen LogP contribution in [0.3, 0.4) is 0 Å². The summed E-state index contributed by atoms with van der Waals surface area (Å²) in [4.78, 5) is 37.0. The Morgan fingerprint density at radius 2 is 1.97 bits per heavy atom. The van der Waals surface area contributed by atoms with Gasteiger partial charge in [0.15, 0.2) is 11.5 Å². The van der Waals surface area contributed by atoms with Gasteiger partial charge in [-0.2, -0.15) is 0 Å². The van der Waals surface area contributed by atoms with E-state index < -0.39 is 52.2 Å². The molecule has 0 aromatic heterocycles. The normalized spacial score (nSPS) is 40.2. The summed E-state index contributed by atoms with van der Waals surface area (Å²) in [6, 6.07) is 2.11. The molecule has 7 atom stereocenters. The lowest BCUT2D eigenvalue weighted by Gasteiger charge is -2.55. The molecule has 4 bridgehead atoms. The minimum Gasteiger partial charge on any atom is -0.506 e. The maximum atomic E-state index is 13.1. The fourth-order valence-corrected chi connectivity index (χ4v) is 7.08. The number of aliphatic hydroxyl groups is 1. The van der Waals surface area contributed by atoms with Gasteiger partial charge in [-0.3, -0.25) is 9.59 Å². The first-order chi connectivity index (χ1) is 15.4. The summed E-state index contributed by atoms with van der Waals surface area (Å²) in [7, 11) is 0. The van der Waals surface area contributed by atoms with Crippen LogP contribution in [0.2, 0.25) is 0 Å². The van der Waals surface area contributed by atoms with E-state index in [0.29, 0.717) is 0 Å². The van der Waals surface area contributed by atoms with Crippen LogP contribution in [0.4, 0.5) is 5.69 Å². The molecule has 176 valence electrons. The molecule has 4 fully saturated rings. The summed E-state index contributed by atoms with van der Waals surface area (Å²) in [5, 5.41) is 42.6. The van der Waals surface area contributed by atoms with Crippen LogP contribution in [0.15, 0.2) is 24.3 Å². The number of aromatic carboxylic acids is 1. The van der Waals surface area contributed by atoms with Gasteiger partial charge in [0.25, 0.3) is 0 Å². The highest BCUT2D eigenvalue weighted by molar-refractivity contribution is 6.00. The lowest BCUT2D eigenvalue weighted by molar-refractivity contribution is -0.182. The number of ether oxygens (including phenoxy) is 1. The number of carbonyl (C=O) groups is 3. The smallest absolute Gasteiger partial charge is 0.339 e.